The number of amides is 2. The van der Waals surface area contributed by atoms with Gasteiger partial charge in [0, 0.05) is 30.3 Å². The average Bonchev–Trinajstić information content (AvgIpc) is 3.41. The number of rotatable bonds is 9. The molecule has 2 amide bonds. The summed E-state index contributed by atoms with van der Waals surface area (Å²) in [5.74, 6) is -0.386. The Morgan fingerprint density at radius 1 is 1.11 bits per heavy atom. The number of nitrogens with zero attached hydrogens (tertiary/aromatic N) is 2. The van der Waals surface area contributed by atoms with E-state index in [2.05, 4.69) is 25.7 Å². The maximum absolute atomic E-state index is 14.8. The quantitative estimate of drug-likeness (QED) is 0.341. The highest BCUT2D eigenvalue weighted by atomic mass is 19.1. The lowest BCUT2D eigenvalue weighted by atomic mass is 9.95. The lowest BCUT2D eigenvalue weighted by Gasteiger charge is -2.13. The average molecular weight is 502 g/mol. The summed E-state index contributed by atoms with van der Waals surface area (Å²) in [5.41, 5.74) is 3.46. The number of aromatic amines is 1. The molecule has 0 bridgehead atoms. The molecule has 7 nitrogen and oxygen atoms in total. The van der Waals surface area contributed by atoms with Crippen LogP contribution in [0, 0.1) is 5.82 Å². The number of halogens is 1. The molecule has 3 aromatic rings. The second-order valence-corrected chi connectivity index (χ2v) is 9.91. The Morgan fingerprint density at radius 2 is 1.89 bits per heavy atom. The number of likely N-dealkylation sites (tertiary alicyclic amines) is 1. The van der Waals surface area contributed by atoms with Crippen molar-refractivity contribution in [3.05, 3.63) is 77.8 Å². The maximum Gasteiger partial charge on any atom is 0.248 e. The van der Waals surface area contributed by atoms with E-state index in [9.17, 15) is 14.0 Å². The van der Waals surface area contributed by atoms with Gasteiger partial charge in [-0.05, 0) is 74.5 Å². The molecule has 0 unspecified atom stereocenters. The first kappa shape index (κ1) is 24.9. The van der Waals surface area contributed by atoms with E-state index in [1.807, 2.05) is 43.3 Å². The second kappa shape index (κ2) is 11.1. The van der Waals surface area contributed by atoms with Crippen LogP contribution in [0.3, 0.4) is 0 Å². The van der Waals surface area contributed by atoms with Crippen molar-refractivity contribution < 1.29 is 14.0 Å². The fourth-order valence-electron chi connectivity index (χ4n) is 4.62. The van der Waals surface area contributed by atoms with Crippen LogP contribution in [0.5, 0.6) is 0 Å². The molecule has 8 heteroatoms. The largest absolute Gasteiger partial charge is 0.320 e. The number of carbonyl (C=O) groups is 2. The zero-order valence-electron chi connectivity index (χ0n) is 21.0. The number of anilines is 2. The Hall–Kier alpha value is -3.78. The molecule has 3 N–H and O–H groups in total. The smallest absolute Gasteiger partial charge is 0.248 e. The summed E-state index contributed by atoms with van der Waals surface area (Å²) in [6.45, 7) is 4.67. The van der Waals surface area contributed by atoms with Crippen molar-refractivity contribution in [1.29, 1.82) is 0 Å². The van der Waals surface area contributed by atoms with Crippen LogP contribution < -0.4 is 10.6 Å². The monoisotopic (exact) mass is 501 g/mol. The Labute approximate surface area is 216 Å². The van der Waals surface area contributed by atoms with Crippen LogP contribution in [0.4, 0.5) is 15.9 Å². The molecule has 0 radical (unpaired) electrons. The van der Waals surface area contributed by atoms with Crippen molar-refractivity contribution in [2.24, 2.45) is 0 Å². The van der Waals surface area contributed by atoms with E-state index in [0.717, 1.165) is 49.3 Å². The Morgan fingerprint density at radius 3 is 2.65 bits per heavy atom. The van der Waals surface area contributed by atoms with E-state index in [1.165, 1.54) is 25.0 Å². The zero-order chi connectivity index (χ0) is 25.8. The molecule has 2 aromatic carbocycles. The molecule has 1 aromatic heterocycles. The number of aromatic nitrogens is 2. The van der Waals surface area contributed by atoms with Gasteiger partial charge >= 0.3 is 0 Å². The van der Waals surface area contributed by atoms with Crippen molar-refractivity contribution in [2.75, 3.05) is 30.3 Å². The molecule has 1 saturated carbocycles. The Bertz CT molecular complexity index is 1310. The highest BCUT2D eigenvalue weighted by molar-refractivity contribution is 5.99. The molecular weight excluding hydrogens is 469 g/mol. The van der Waals surface area contributed by atoms with Gasteiger partial charge in [-0.25, -0.2) is 4.39 Å². The van der Waals surface area contributed by atoms with Gasteiger partial charge in [-0.1, -0.05) is 36.4 Å². The number of hydrogen-bond donors (Lipinski definition) is 3. The predicted molar refractivity (Wildman–Crippen MR) is 143 cm³/mol. The molecule has 2 fully saturated rings. The van der Waals surface area contributed by atoms with Crippen molar-refractivity contribution in [3.63, 3.8) is 0 Å². The highest BCUT2D eigenvalue weighted by Gasteiger charge is 2.26. The highest BCUT2D eigenvalue weighted by Crippen LogP contribution is 2.39. The third-order valence-electron chi connectivity index (χ3n) is 7.04. The van der Waals surface area contributed by atoms with Gasteiger partial charge in [0.2, 0.25) is 11.8 Å². The summed E-state index contributed by atoms with van der Waals surface area (Å²) in [4.78, 5) is 27.3. The first-order valence-corrected chi connectivity index (χ1v) is 12.9. The van der Waals surface area contributed by atoms with Crippen LogP contribution >= 0.6 is 0 Å². The van der Waals surface area contributed by atoms with Gasteiger partial charge in [0.15, 0.2) is 5.82 Å². The molecule has 2 aliphatic rings. The number of carbonyl (C=O) groups excluding carboxylic acids is 2. The van der Waals surface area contributed by atoms with Crippen molar-refractivity contribution in [1.82, 2.24) is 15.1 Å². The van der Waals surface area contributed by atoms with Gasteiger partial charge < -0.3 is 10.6 Å². The van der Waals surface area contributed by atoms with E-state index in [-0.39, 0.29) is 17.5 Å². The normalized spacial score (nSPS) is 16.7. The van der Waals surface area contributed by atoms with Gasteiger partial charge in [0.1, 0.15) is 5.82 Å². The second-order valence-electron chi connectivity index (χ2n) is 9.91. The third kappa shape index (κ3) is 6.32. The summed E-state index contributed by atoms with van der Waals surface area (Å²) in [6, 6.07) is 14.1. The minimum absolute atomic E-state index is 0.132. The first-order chi connectivity index (χ1) is 18.0. The van der Waals surface area contributed by atoms with E-state index in [0.29, 0.717) is 17.3 Å². The molecule has 1 atom stereocenters. The molecular formula is C29H32FN5O2. The summed E-state index contributed by atoms with van der Waals surface area (Å²) in [6.07, 6.45) is 7.97. The number of H-pyrrole nitrogens is 1. The minimum Gasteiger partial charge on any atom is -0.320 e. The standard InChI is InChI=1S/C29H32FN5O2/c1-19(29(37)32-27-18-26(33-34-27)20-9-10-20)21-6-4-7-22(16-21)23-11-12-25(24(30)17-23)31-28(36)8-5-15-35-13-2-3-14-35/h4-8,11-12,16-20H,2-3,9-10,13-15H2,1H3,(H,31,36)(H2,32,33,34,37)/b8-5+/t19-/m0/s1. The summed E-state index contributed by atoms with van der Waals surface area (Å²) in [5, 5.41) is 12.7. The van der Waals surface area contributed by atoms with Crippen molar-refractivity contribution >= 4 is 23.3 Å². The Kier molecular flexibility index (Phi) is 7.46. The van der Waals surface area contributed by atoms with Gasteiger partial charge in [-0.2, -0.15) is 5.10 Å². The maximum atomic E-state index is 14.8. The zero-order valence-corrected chi connectivity index (χ0v) is 21.0. The van der Waals surface area contributed by atoms with Gasteiger partial charge in [-0.3, -0.25) is 19.6 Å². The van der Waals surface area contributed by atoms with Gasteiger partial charge in [-0.15, -0.1) is 0 Å². The predicted octanol–water partition coefficient (Wildman–Crippen LogP) is 5.43. The van der Waals surface area contributed by atoms with E-state index < -0.39 is 11.7 Å². The van der Waals surface area contributed by atoms with E-state index >= 15 is 0 Å². The van der Waals surface area contributed by atoms with Crippen LogP contribution in [-0.2, 0) is 9.59 Å². The SMILES string of the molecule is C[C@H](C(=O)Nc1cc(C2CC2)[nH]n1)c1cccc(-c2ccc(NC(=O)/C=C/CN3CCCC3)c(F)c2)c1. The number of nitrogens with one attached hydrogen (secondary N) is 3. The van der Waals surface area contributed by atoms with Crippen molar-refractivity contribution in [3.8, 4) is 11.1 Å². The molecule has 192 valence electrons. The molecule has 37 heavy (non-hydrogen) atoms. The summed E-state index contributed by atoms with van der Waals surface area (Å²) >= 11 is 0. The van der Waals surface area contributed by atoms with Crippen LogP contribution in [-0.4, -0.2) is 46.5 Å². The van der Waals surface area contributed by atoms with Crippen LogP contribution in [0.15, 0.2) is 60.7 Å². The third-order valence-corrected chi connectivity index (χ3v) is 7.04. The van der Waals surface area contributed by atoms with E-state index in [1.54, 1.807) is 12.1 Å². The van der Waals surface area contributed by atoms with Gasteiger partial charge in [0.25, 0.3) is 0 Å². The fraction of sp³-hybridized carbons (Fsp3) is 0.345. The lowest BCUT2D eigenvalue weighted by molar-refractivity contribution is -0.117. The molecule has 2 heterocycles. The van der Waals surface area contributed by atoms with Gasteiger partial charge in [0.05, 0.1) is 11.6 Å². The number of hydrogen-bond acceptors (Lipinski definition) is 4. The topological polar surface area (TPSA) is 90.1 Å². The molecule has 1 aliphatic heterocycles. The van der Waals surface area contributed by atoms with Crippen molar-refractivity contribution in [2.45, 2.75) is 44.4 Å². The number of benzene rings is 2. The first-order valence-electron chi connectivity index (χ1n) is 12.9. The Balaban J connectivity index is 1.21. The molecule has 0 spiro atoms. The molecule has 1 saturated heterocycles. The molecule has 5 rings (SSSR count). The molecule has 1 aliphatic carbocycles. The minimum atomic E-state index is -0.514. The summed E-state index contributed by atoms with van der Waals surface area (Å²) < 4.78 is 14.8. The lowest BCUT2D eigenvalue weighted by Crippen LogP contribution is -2.19. The summed E-state index contributed by atoms with van der Waals surface area (Å²) in [7, 11) is 0. The van der Waals surface area contributed by atoms with Crippen LogP contribution in [0.25, 0.3) is 11.1 Å². The fourth-order valence-corrected chi connectivity index (χ4v) is 4.62. The van der Waals surface area contributed by atoms with Crippen LogP contribution in [0.1, 0.15) is 55.7 Å². The van der Waals surface area contributed by atoms with Crippen LogP contribution in [0.2, 0.25) is 0 Å². The van der Waals surface area contributed by atoms with E-state index in [4.69, 9.17) is 0 Å².